The van der Waals surface area contributed by atoms with Gasteiger partial charge in [-0.15, -0.1) is 0 Å². The second-order valence-electron chi connectivity index (χ2n) is 2.42. The summed E-state index contributed by atoms with van der Waals surface area (Å²) < 4.78 is 29.7. The molecule has 0 amide bonds. The molecule has 0 aromatic heterocycles. The summed E-state index contributed by atoms with van der Waals surface area (Å²) in [5.41, 5.74) is 0.408. The summed E-state index contributed by atoms with van der Waals surface area (Å²) >= 11 is 0. The van der Waals surface area contributed by atoms with Crippen LogP contribution in [0.2, 0.25) is 0 Å². The molecule has 0 fully saturated rings. The number of phenols is 1. The molecule has 1 rings (SSSR count). The van der Waals surface area contributed by atoms with E-state index >= 15 is 0 Å². The first-order valence-electron chi connectivity index (χ1n) is 3.18. The molecule has 0 aliphatic carbocycles. The standard InChI is InChI=1S/C7H8O4S.H3N/c1-5-4-6(12(9,10)11)2-3-7(5)8;/h2-4,8H,1H3,(H,9,10,11);1H3. The maximum atomic E-state index is 10.6. The summed E-state index contributed by atoms with van der Waals surface area (Å²) in [6, 6.07) is 3.56. The Morgan fingerprint density at radius 2 is 1.85 bits per heavy atom. The van der Waals surface area contributed by atoms with Gasteiger partial charge in [0.2, 0.25) is 0 Å². The van der Waals surface area contributed by atoms with Crippen LogP contribution >= 0.6 is 0 Å². The highest BCUT2D eigenvalue weighted by atomic mass is 32.2. The van der Waals surface area contributed by atoms with E-state index in [9.17, 15) is 8.42 Å². The van der Waals surface area contributed by atoms with Gasteiger partial charge in [0.15, 0.2) is 0 Å². The molecular formula is C7H11NO4S. The number of hydrogen-bond acceptors (Lipinski definition) is 4. The summed E-state index contributed by atoms with van der Waals surface area (Å²) in [5, 5.41) is 9.03. The number of aromatic hydroxyl groups is 1. The van der Waals surface area contributed by atoms with Crippen LogP contribution in [-0.4, -0.2) is 18.1 Å². The molecule has 0 aliphatic rings. The van der Waals surface area contributed by atoms with Crippen LogP contribution in [0, 0.1) is 6.92 Å². The first-order chi connectivity index (χ1) is 5.41. The zero-order valence-electron chi connectivity index (χ0n) is 7.06. The van der Waals surface area contributed by atoms with Gasteiger partial charge in [0, 0.05) is 0 Å². The van der Waals surface area contributed by atoms with E-state index in [4.69, 9.17) is 9.66 Å². The Labute approximate surface area is 76.4 Å². The van der Waals surface area contributed by atoms with Gasteiger partial charge in [-0.3, -0.25) is 4.55 Å². The van der Waals surface area contributed by atoms with Gasteiger partial charge >= 0.3 is 0 Å². The van der Waals surface area contributed by atoms with Crippen molar-refractivity contribution in [3.05, 3.63) is 23.8 Å². The van der Waals surface area contributed by atoms with E-state index in [2.05, 4.69) is 0 Å². The maximum absolute atomic E-state index is 10.6. The van der Waals surface area contributed by atoms with E-state index in [1.54, 1.807) is 6.92 Å². The largest absolute Gasteiger partial charge is 0.508 e. The molecule has 0 spiro atoms. The second-order valence-corrected chi connectivity index (χ2v) is 3.84. The van der Waals surface area contributed by atoms with Gasteiger partial charge < -0.3 is 11.3 Å². The fourth-order valence-corrected chi connectivity index (χ4v) is 1.35. The Hall–Kier alpha value is -1.11. The van der Waals surface area contributed by atoms with Crippen LogP contribution in [0.4, 0.5) is 0 Å². The van der Waals surface area contributed by atoms with Gasteiger partial charge in [0.25, 0.3) is 10.1 Å². The van der Waals surface area contributed by atoms with Gasteiger partial charge in [-0.1, -0.05) is 0 Å². The molecule has 6 heteroatoms. The molecule has 0 saturated carbocycles. The van der Waals surface area contributed by atoms with Gasteiger partial charge in [-0.05, 0) is 30.7 Å². The Morgan fingerprint density at radius 1 is 1.31 bits per heavy atom. The van der Waals surface area contributed by atoms with Crippen LogP contribution < -0.4 is 6.15 Å². The van der Waals surface area contributed by atoms with Crippen LogP contribution in [0.1, 0.15) is 5.56 Å². The molecule has 0 radical (unpaired) electrons. The maximum Gasteiger partial charge on any atom is 0.294 e. The summed E-state index contributed by atoms with van der Waals surface area (Å²) in [5.74, 6) is 0.00222. The first-order valence-corrected chi connectivity index (χ1v) is 4.62. The Morgan fingerprint density at radius 3 is 2.23 bits per heavy atom. The molecular weight excluding hydrogens is 194 g/mol. The van der Waals surface area contributed by atoms with Crippen LogP contribution in [0.25, 0.3) is 0 Å². The van der Waals surface area contributed by atoms with Crippen molar-refractivity contribution in [2.24, 2.45) is 0 Å². The fourth-order valence-electron chi connectivity index (χ4n) is 0.788. The highest BCUT2D eigenvalue weighted by Gasteiger charge is 2.09. The lowest BCUT2D eigenvalue weighted by molar-refractivity contribution is 0.468. The predicted octanol–water partition coefficient (Wildman–Crippen LogP) is 1.11. The molecule has 0 aliphatic heterocycles. The fraction of sp³-hybridized carbons (Fsp3) is 0.143. The molecule has 0 saturated heterocycles. The SMILES string of the molecule is Cc1cc(S(=O)(=O)O)ccc1O.N. The monoisotopic (exact) mass is 205 g/mol. The lowest BCUT2D eigenvalue weighted by Gasteiger charge is -2.00. The second kappa shape index (κ2) is 3.73. The van der Waals surface area contributed by atoms with Crippen molar-refractivity contribution in [3.8, 4) is 5.75 Å². The molecule has 13 heavy (non-hydrogen) atoms. The van der Waals surface area contributed by atoms with Gasteiger partial charge in [0.05, 0.1) is 4.90 Å². The summed E-state index contributed by atoms with van der Waals surface area (Å²) in [4.78, 5) is -0.210. The van der Waals surface area contributed by atoms with E-state index in [1.165, 1.54) is 12.1 Å². The van der Waals surface area contributed by atoms with Crippen molar-refractivity contribution in [1.29, 1.82) is 0 Å². The van der Waals surface area contributed by atoms with E-state index in [0.29, 0.717) is 5.56 Å². The van der Waals surface area contributed by atoms with Crippen LogP contribution in [0.5, 0.6) is 5.75 Å². The van der Waals surface area contributed by atoms with Crippen molar-refractivity contribution in [2.45, 2.75) is 11.8 Å². The Kier molecular flexibility index (Phi) is 3.42. The quantitative estimate of drug-likeness (QED) is 0.595. The van der Waals surface area contributed by atoms with Gasteiger partial charge in [-0.2, -0.15) is 8.42 Å². The van der Waals surface area contributed by atoms with Crippen molar-refractivity contribution >= 4 is 10.1 Å². The molecule has 0 bridgehead atoms. The third-order valence-corrected chi connectivity index (χ3v) is 2.32. The zero-order valence-corrected chi connectivity index (χ0v) is 7.87. The molecule has 5 nitrogen and oxygen atoms in total. The lowest BCUT2D eigenvalue weighted by atomic mass is 10.2. The van der Waals surface area contributed by atoms with Crippen LogP contribution in [0.15, 0.2) is 23.1 Å². The molecule has 0 unspecified atom stereocenters. The molecule has 0 heterocycles. The van der Waals surface area contributed by atoms with Crippen LogP contribution in [-0.2, 0) is 10.1 Å². The molecule has 0 atom stereocenters. The summed E-state index contributed by atoms with van der Waals surface area (Å²) in [6.07, 6.45) is 0. The molecule has 1 aromatic carbocycles. The van der Waals surface area contributed by atoms with Crippen molar-refractivity contribution in [2.75, 3.05) is 0 Å². The number of benzene rings is 1. The molecule has 5 N–H and O–H groups in total. The highest BCUT2D eigenvalue weighted by Crippen LogP contribution is 2.19. The molecule has 74 valence electrons. The number of hydrogen-bond donors (Lipinski definition) is 3. The lowest BCUT2D eigenvalue weighted by Crippen LogP contribution is -1.97. The van der Waals surface area contributed by atoms with Crippen LogP contribution in [0.3, 0.4) is 0 Å². The summed E-state index contributed by atoms with van der Waals surface area (Å²) in [7, 11) is -4.15. The van der Waals surface area contributed by atoms with Crippen molar-refractivity contribution in [3.63, 3.8) is 0 Å². The first kappa shape index (κ1) is 11.9. The number of rotatable bonds is 1. The van der Waals surface area contributed by atoms with E-state index in [0.717, 1.165) is 6.07 Å². The topological polar surface area (TPSA) is 110 Å². The minimum Gasteiger partial charge on any atom is -0.508 e. The minimum absolute atomic E-state index is 0. The van der Waals surface area contributed by atoms with Gasteiger partial charge in [-0.25, -0.2) is 0 Å². The Balaban J connectivity index is 0.00000144. The third kappa shape index (κ3) is 2.69. The predicted molar refractivity (Wildman–Crippen MR) is 47.7 cm³/mol. The zero-order chi connectivity index (χ0) is 9.35. The average Bonchev–Trinajstić information content (AvgIpc) is 1.92. The smallest absolute Gasteiger partial charge is 0.294 e. The normalized spacial score (nSPS) is 10.6. The van der Waals surface area contributed by atoms with E-state index in [-0.39, 0.29) is 16.8 Å². The third-order valence-electron chi connectivity index (χ3n) is 1.47. The Bertz CT molecular complexity index is 399. The summed E-state index contributed by atoms with van der Waals surface area (Å²) in [6.45, 7) is 1.55. The van der Waals surface area contributed by atoms with Gasteiger partial charge in [0.1, 0.15) is 5.75 Å². The van der Waals surface area contributed by atoms with Crippen molar-refractivity contribution < 1.29 is 18.1 Å². The van der Waals surface area contributed by atoms with E-state index in [1.807, 2.05) is 0 Å². The average molecular weight is 205 g/mol. The highest BCUT2D eigenvalue weighted by molar-refractivity contribution is 7.85. The molecule has 1 aromatic rings. The number of phenolic OH excluding ortho intramolecular Hbond substituents is 1. The minimum atomic E-state index is -4.15. The van der Waals surface area contributed by atoms with Crippen molar-refractivity contribution in [1.82, 2.24) is 6.15 Å². The number of aryl methyl sites for hydroxylation is 1. The van der Waals surface area contributed by atoms with E-state index < -0.39 is 10.1 Å².